The topological polar surface area (TPSA) is 18.5 Å². The van der Waals surface area contributed by atoms with Gasteiger partial charge in [-0.25, -0.2) is 0 Å². The molecule has 1 saturated heterocycles. The molecule has 1 fully saturated rings. The Bertz CT molecular complexity index is 94.4. The molecule has 0 spiro atoms. The molecule has 1 aliphatic rings. The van der Waals surface area contributed by atoms with Gasteiger partial charge in [0.1, 0.15) is 0 Å². The zero-order valence-corrected chi connectivity index (χ0v) is 6.72. The van der Waals surface area contributed by atoms with Crippen molar-refractivity contribution >= 4 is 16.6 Å². The van der Waals surface area contributed by atoms with Gasteiger partial charge in [0.05, 0.1) is 0 Å². The van der Waals surface area contributed by atoms with E-state index in [9.17, 15) is 0 Å². The smallest absolute Gasteiger partial charge is 0.319 e. The van der Waals surface area contributed by atoms with Crippen LogP contribution in [0.15, 0.2) is 0 Å². The molecule has 0 aliphatic carbocycles. The molecule has 0 N–H and O–H groups in total. The van der Waals surface area contributed by atoms with Gasteiger partial charge in [-0.15, -0.1) is 0 Å². The summed E-state index contributed by atoms with van der Waals surface area (Å²) in [5, 5.41) is 0. The summed E-state index contributed by atoms with van der Waals surface area (Å²) in [6.07, 6.45) is 2.37. The maximum absolute atomic E-state index is 5.41. The van der Waals surface area contributed by atoms with Crippen molar-refractivity contribution in [2.75, 3.05) is 6.61 Å². The van der Waals surface area contributed by atoms with E-state index >= 15 is 0 Å². The Kier molecular flexibility index (Phi) is 7.26. The molecule has 1 atom stereocenters. The van der Waals surface area contributed by atoms with Crippen molar-refractivity contribution in [2.24, 2.45) is 0 Å². The van der Waals surface area contributed by atoms with Crippen LogP contribution in [0.5, 0.6) is 0 Å². The van der Waals surface area contributed by atoms with Crippen LogP contribution in [0, 0.1) is 0 Å². The first kappa shape index (κ1) is 13.8. The molecule has 66 valence electrons. The highest BCUT2D eigenvalue weighted by molar-refractivity contribution is 6.68. The van der Waals surface area contributed by atoms with E-state index in [1.54, 1.807) is 0 Å². The van der Waals surface area contributed by atoms with Gasteiger partial charge in [-0.3, -0.25) is 0 Å². The zero-order chi connectivity index (χ0) is 6.74. The van der Waals surface area contributed by atoms with Gasteiger partial charge < -0.3 is 8.77 Å². The van der Waals surface area contributed by atoms with Crippen LogP contribution in [0.2, 0.25) is 12.6 Å². The molecule has 1 unspecified atom stereocenters. The minimum atomic E-state index is -1.83. The SMILES string of the molecule is C.C.[B]O[Si]1(C)CCCCO1. The zero-order valence-electron chi connectivity index (χ0n) is 5.72. The van der Waals surface area contributed by atoms with Crippen molar-refractivity contribution in [3.05, 3.63) is 0 Å². The first-order valence-electron chi connectivity index (χ1n) is 3.29. The second kappa shape index (κ2) is 5.80. The molecule has 0 aromatic heterocycles. The predicted molar refractivity (Wildman–Crippen MR) is 51.9 cm³/mol. The summed E-state index contributed by atoms with van der Waals surface area (Å²) in [6, 6.07) is 1.05. The van der Waals surface area contributed by atoms with Crippen molar-refractivity contribution in [2.45, 2.75) is 40.3 Å². The quantitative estimate of drug-likeness (QED) is 0.567. The van der Waals surface area contributed by atoms with E-state index in [-0.39, 0.29) is 14.9 Å². The lowest BCUT2D eigenvalue weighted by Gasteiger charge is -2.29. The average Bonchev–Trinajstić information content (AvgIpc) is 1.90. The minimum absolute atomic E-state index is 0. The Morgan fingerprint density at radius 1 is 1.36 bits per heavy atom. The van der Waals surface area contributed by atoms with Crippen molar-refractivity contribution in [1.29, 1.82) is 0 Å². The first-order chi connectivity index (χ1) is 4.27. The third-order valence-corrected chi connectivity index (χ3v) is 4.26. The highest BCUT2D eigenvalue weighted by atomic mass is 28.4. The molecule has 0 bridgehead atoms. The van der Waals surface area contributed by atoms with Gasteiger partial charge in [-0.1, -0.05) is 14.9 Å². The molecule has 4 heteroatoms. The summed E-state index contributed by atoms with van der Waals surface area (Å²) in [5.41, 5.74) is 0. The van der Waals surface area contributed by atoms with Crippen molar-refractivity contribution in [3.63, 3.8) is 0 Å². The van der Waals surface area contributed by atoms with E-state index < -0.39 is 8.56 Å². The van der Waals surface area contributed by atoms with Crippen molar-refractivity contribution < 1.29 is 8.77 Å². The molecule has 0 aromatic rings. The number of hydrogen-bond acceptors (Lipinski definition) is 2. The third kappa shape index (κ3) is 3.94. The predicted octanol–water partition coefficient (Wildman–Crippen LogP) is 2.24. The van der Waals surface area contributed by atoms with Gasteiger partial charge in [0.2, 0.25) is 0 Å². The summed E-state index contributed by atoms with van der Waals surface area (Å²) < 4.78 is 10.2. The Labute approximate surface area is 73.0 Å². The number of hydrogen-bond donors (Lipinski definition) is 0. The van der Waals surface area contributed by atoms with Gasteiger partial charge >= 0.3 is 8.56 Å². The second-order valence-electron chi connectivity index (χ2n) is 2.56. The maximum atomic E-state index is 5.41. The fraction of sp³-hybridized carbons (Fsp3) is 1.00. The van der Waals surface area contributed by atoms with Crippen LogP contribution in [0.4, 0.5) is 0 Å². The average molecular weight is 174 g/mol. The molecule has 1 aliphatic heterocycles. The van der Waals surface area contributed by atoms with Crippen LogP contribution in [-0.2, 0) is 8.77 Å². The summed E-state index contributed by atoms with van der Waals surface area (Å²) in [6.45, 7) is 2.84. The molecule has 2 nitrogen and oxygen atoms in total. The normalized spacial score (nSPS) is 29.9. The Hall–Kier alpha value is 0.202. The van der Waals surface area contributed by atoms with E-state index in [1.807, 2.05) is 6.55 Å². The van der Waals surface area contributed by atoms with E-state index in [2.05, 4.69) is 0 Å². The summed E-state index contributed by atoms with van der Waals surface area (Å²) in [5.74, 6) is 0. The lowest BCUT2D eigenvalue weighted by molar-refractivity contribution is 0.219. The van der Waals surface area contributed by atoms with Gasteiger partial charge in [0.25, 0.3) is 8.05 Å². The third-order valence-electron chi connectivity index (χ3n) is 1.68. The summed E-state index contributed by atoms with van der Waals surface area (Å²) >= 11 is 0. The van der Waals surface area contributed by atoms with Crippen molar-refractivity contribution in [3.8, 4) is 0 Å². The maximum Gasteiger partial charge on any atom is 0.319 e. The minimum Gasteiger partial charge on any atom is -0.465 e. The number of rotatable bonds is 1. The van der Waals surface area contributed by atoms with E-state index in [0.29, 0.717) is 0 Å². The molecule has 1 heterocycles. The molecule has 0 saturated carbocycles. The molecule has 0 aromatic carbocycles. The van der Waals surface area contributed by atoms with Crippen LogP contribution < -0.4 is 0 Å². The Morgan fingerprint density at radius 3 is 2.27 bits per heavy atom. The molecule has 0 amide bonds. The van der Waals surface area contributed by atoms with Gasteiger partial charge in [-0.2, -0.15) is 0 Å². The lowest BCUT2D eigenvalue weighted by atomic mass is 10.4. The standard InChI is InChI=1S/C5H11BO2Si.2CH4/c1-9(8-6)5-3-2-4-7-9;;/h2-5H2,1H3;2*1H4. The van der Waals surface area contributed by atoms with E-state index in [4.69, 9.17) is 16.8 Å². The lowest BCUT2D eigenvalue weighted by Crippen LogP contribution is -2.40. The van der Waals surface area contributed by atoms with Crippen molar-refractivity contribution in [1.82, 2.24) is 0 Å². The van der Waals surface area contributed by atoms with E-state index in [0.717, 1.165) is 19.1 Å². The van der Waals surface area contributed by atoms with Gasteiger partial charge in [0.15, 0.2) is 0 Å². The molecular formula is C7H19BO2Si. The highest BCUT2D eigenvalue weighted by Gasteiger charge is 2.31. The van der Waals surface area contributed by atoms with Crippen LogP contribution in [0.25, 0.3) is 0 Å². The van der Waals surface area contributed by atoms with Crippen LogP contribution >= 0.6 is 0 Å². The van der Waals surface area contributed by atoms with Crippen LogP contribution in [-0.4, -0.2) is 23.2 Å². The summed E-state index contributed by atoms with van der Waals surface area (Å²) in [7, 11) is 3.24. The second-order valence-corrected chi connectivity index (χ2v) is 5.85. The largest absolute Gasteiger partial charge is 0.465 e. The first-order valence-corrected chi connectivity index (χ1v) is 5.81. The molecule has 2 radical (unpaired) electrons. The molecule has 11 heavy (non-hydrogen) atoms. The highest BCUT2D eigenvalue weighted by Crippen LogP contribution is 2.20. The van der Waals surface area contributed by atoms with Gasteiger partial charge in [0, 0.05) is 6.61 Å². The fourth-order valence-electron chi connectivity index (χ4n) is 1.00. The molecular weight excluding hydrogens is 155 g/mol. The molecule has 1 rings (SSSR count). The summed E-state index contributed by atoms with van der Waals surface area (Å²) in [4.78, 5) is 0. The van der Waals surface area contributed by atoms with E-state index in [1.165, 1.54) is 6.42 Å². The monoisotopic (exact) mass is 174 g/mol. The fourth-order valence-corrected chi connectivity index (χ4v) is 2.80. The van der Waals surface area contributed by atoms with Gasteiger partial charge in [-0.05, 0) is 25.4 Å². The van der Waals surface area contributed by atoms with Crippen LogP contribution in [0.3, 0.4) is 0 Å². The Balaban J connectivity index is 0. The van der Waals surface area contributed by atoms with Crippen LogP contribution in [0.1, 0.15) is 27.7 Å². The Morgan fingerprint density at radius 2 is 2.00 bits per heavy atom.